The lowest BCUT2D eigenvalue weighted by atomic mass is 10.2. The van der Waals surface area contributed by atoms with Gasteiger partial charge in [0.25, 0.3) is 5.24 Å². The number of rotatable bonds is 1. The average Bonchev–Trinajstić information content (AvgIpc) is 2.63. The Bertz CT molecular complexity index is 512. The monoisotopic (exact) mass is 258 g/mol. The molecule has 2 aromatic rings. The second kappa shape index (κ2) is 4.38. The number of nitrogens with zero attached hydrogens (tertiary/aromatic N) is 1. The molecule has 1 N–H and O–H groups in total. The minimum absolute atomic E-state index is 0.137. The molecule has 0 radical (unpaired) electrons. The first kappa shape index (κ1) is 10.7. The predicted molar refractivity (Wildman–Crippen MR) is 67.2 cm³/mol. The van der Waals surface area contributed by atoms with Gasteiger partial charge in [-0.05, 0) is 29.9 Å². The molecule has 0 saturated carbocycles. The first-order chi connectivity index (χ1) is 7.22. The van der Waals surface area contributed by atoms with Gasteiger partial charge in [-0.2, -0.15) is 4.37 Å². The van der Waals surface area contributed by atoms with Crippen molar-refractivity contribution in [2.75, 3.05) is 11.6 Å². The fourth-order valence-corrected chi connectivity index (χ4v) is 2.47. The molecular weight excluding hydrogens is 252 g/mol. The van der Waals surface area contributed by atoms with Crippen LogP contribution >= 0.6 is 34.9 Å². The van der Waals surface area contributed by atoms with Crippen LogP contribution in [-0.4, -0.2) is 15.9 Å². The van der Waals surface area contributed by atoms with Gasteiger partial charge in [0.15, 0.2) is 5.82 Å². The molecule has 0 aliphatic rings. The minimum atomic E-state index is -0.137. The van der Waals surface area contributed by atoms with Crippen LogP contribution in [0.1, 0.15) is 0 Å². The molecule has 6 heteroatoms. The van der Waals surface area contributed by atoms with Crippen molar-refractivity contribution >= 4 is 56.0 Å². The molecule has 0 bridgehead atoms. The van der Waals surface area contributed by atoms with Crippen molar-refractivity contribution in [1.29, 1.82) is 0 Å². The molecule has 1 aromatic heterocycles. The predicted octanol–water partition coefficient (Wildman–Crippen LogP) is 3.84. The summed E-state index contributed by atoms with van der Waals surface area (Å²) in [4.78, 5) is 11.2. The number of nitrogens with one attached hydrogen (secondary N) is 1. The lowest BCUT2D eigenvalue weighted by Crippen LogP contribution is -2.04. The number of fused-ring (bicyclic) bond motifs is 1. The summed E-state index contributed by atoms with van der Waals surface area (Å²) in [6.07, 6.45) is 1.71. The van der Waals surface area contributed by atoms with Gasteiger partial charge in [0.1, 0.15) is 0 Å². The molecule has 0 atom stereocenters. The van der Waals surface area contributed by atoms with Gasteiger partial charge in [0.2, 0.25) is 0 Å². The largest absolute Gasteiger partial charge is 0.300 e. The van der Waals surface area contributed by atoms with Gasteiger partial charge in [0.05, 0.1) is 15.1 Å². The first-order valence-corrected chi connectivity index (χ1v) is 6.49. The normalized spacial score (nSPS) is 10.5. The van der Waals surface area contributed by atoms with Crippen molar-refractivity contribution < 1.29 is 4.79 Å². The van der Waals surface area contributed by atoms with Crippen molar-refractivity contribution in [3.05, 3.63) is 23.2 Å². The Morgan fingerprint density at radius 2 is 2.40 bits per heavy atom. The Hall–Kier alpha value is -0.780. The van der Waals surface area contributed by atoms with Crippen molar-refractivity contribution in [3.63, 3.8) is 0 Å². The highest BCUT2D eigenvalue weighted by atomic mass is 35.5. The van der Waals surface area contributed by atoms with Crippen molar-refractivity contribution in [3.8, 4) is 0 Å². The van der Waals surface area contributed by atoms with Crippen molar-refractivity contribution in [1.82, 2.24) is 4.37 Å². The summed E-state index contributed by atoms with van der Waals surface area (Å²) in [6.45, 7) is 0. The quantitative estimate of drug-likeness (QED) is 0.845. The zero-order valence-corrected chi connectivity index (χ0v) is 10.2. The van der Waals surface area contributed by atoms with E-state index in [1.165, 1.54) is 11.5 Å². The third-order valence-corrected chi connectivity index (χ3v) is 3.45. The van der Waals surface area contributed by atoms with Crippen LogP contribution in [0, 0.1) is 0 Å². The zero-order valence-electron chi connectivity index (χ0n) is 7.78. The number of thioether (sulfide) groups is 1. The Morgan fingerprint density at radius 3 is 3.13 bits per heavy atom. The molecule has 0 spiro atoms. The van der Waals surface area contributed by atoms with Crippen LogP contribution in [0.2, 0.25) is 5.02 Å². The van der Waals surface area contributed by atoms with Crippen LogP contribution in [0.5, 0.6) is 0 Å². The SMILES string of the molecule is CSC(=O)Nc1nsc2cccc(Cl)c12. The molecule has 0 aliphatic carbocycles. The van der Waals surface area contributed by atoms with E-state index >= 15 is 0 Å². The molecule has 15 heavy (non-hydrogen) atoms. The average molecular weight is 259 g/mol. The molecule has 78 valence electrons. The molecular formula is C9H7ClN2OS2. The highest BCUT2D eigenvalue weighted by Gasteiger charge is 2.11. The van der Waals surface area contributed by atoms with Crippen molar-refractivity contribution in [2.45, 2.75) is 0 Å². The van der Waals surface area contributed by atoms with Crippen LogP contribution in [0.15, 0.2) is 18.2 Å². The molecule has 1 heterocycles. The summed E-state index contributed by atoms with van der Waals surface area (Å²) >= 11 is 8.47. The second-order valence-corrected chi connectivity index (χ2v) is 4.75. The van der Waals surface area contributed by atoms with Crippen LogP contribution in [-0.2, 0) is 0 Å². The maximum absolute atomic E-state index is 11.2. The van der Waals surface area contributed by atoms with Crippen LogP contribution in [0.25, 0.3) is 10.1 Å². The number of carbonyl (C=O) groups excluding carboxylic acids is 1. The van der Waals surface area contributed by atoms with Gasteiger partial charge in [-0.1, -0.05) is 29.4 Å². The molecule has 1 aromatic carbocycles. The summed E-state index contributed by atoms with van der Waals surface area (Å²) in [6, 6.07) is 5.57. The van der Waals surface area contributed by atoms with E-state index in [-0.39, 0.29) is 5.24 Å². The molecule has 1 amide bonds. The van der Waals surface area contributed by atoms with Gasteiger partial charge >= 0.3 is 0 Å². The van der Waals surface area contributed by atoms with Gasteiger partial charge in [-0.3, -0.25) is 10.1 Å². The number of benzene rings is 1. The number of hydrogen-bond acceptors (Lipinski definition) is 4. The maximum atomic E-state index is 11.2. The Balaban J connectivity index is 2.48. The summed E-state index contributed by atoms with van der Waals surface area (Å²) in [5, 5.41) is 3.98. The Morgan fingerprint density at radius 1 is 1.60 bits per heavy atom. The Labute approximate surface area is 100.0 Å². The van der Waals surface area contributed by atoms with E-state index in [0.717, 1.165) is 21.8 Å². The second-order valence-electron chi connectivity index (χ2n) is 2.76. The number of halogens is 1. The molecule has 0 unspecified atom stereocenters. The summed E-state index contributed by atoms with van der Waals surface area (Å²) in [5.74, 6) is 0.542. The molecule has 0 saturated heterocycles. The third-order valence-electron chi connectivity index (χ3n) is 1.85. The van der Waals surface area contributed by atoms with E-state index in [9.17, 15) is 4.79 Å². The zero-order chi connectivity index (χ0) is 10.8. The van der Waals surface area contributed by atoms with Crippen LogP contribution < -0.4 is 5.32 Å². The lowest BCUT2D eigenvalue weighted by molar-refractivity contribution is 0.270. The standard InChI is InChI=1S/C9H7ClN2OS2/c1-14-9(13)11-8-7-5(10)3-2-4-6(7)15-12-8/h2-4H,1H3,(H,11,12,13). The summed E-state index contributed by atoms with van der Waals surface area (Å²) in [7, 11) is 0. The fourth-order valence-electron chi connectivity index (χ4n) is 1.18. The smallest absolute Gasteiger partial charge is 0.284 e. The van der Waals surface area contributed by atoms with Gasteiger partial charge in [-0.15, -0.1) is 0 Å². The minimum Gasteiger partial charge on any atom is -0.300 e. The molecule has 3 nitrogen and oxygen atoms in total. The van der Waals surface area contributed by atoms with Crippen LogP contribution in [0.4, 0.5) is 10.6 Å². The lowest BCUT2D eigenvalue weighted by Gasteiger charge is -1.99. The van der Waals surface area contributed by atoms with E-state index in [2.05, 4.69) is 9.69 Å². The number of amides is 1. The van der Waals surface area contributed by atoms with Crippen molar-refractivity contribution in [2.24, 2.45) is 0 Å². The summed E-state index contributed by atoms with van der Waals surface area (Å²) in [5.41, 5.74) is 0. The number of carbonyl (C=O) groups is 1. The topological polar surface area (TPSA) is 42.0 Å². The van der Waals surface area contributed by atoms with E-state index in [4.69, 9.17) is 11.6 Å². The molecule has 0 aliphatic heterocycles. The van der Waals surface area contributed by atoms with E-state index in [0.29, 0.717) is 10.8 Å². The molecule has 2 rings (SSSR count). The van der Waals surface area contributed by atoms with Gasteiger partial charge < -0.3 is 0 Å². The number of hydrogen-bond donors (Lipinski definition) is 1. The molecule has 0 fully saturated rings. The van der Waals surface area contributed by atoms with Gasteiger partial charge in [0, 0.05) is 0 Å². The number of anilines is 1. The van der Waals surface area contributed by atoms with E-state index in [1.807, 2.05) is 12.1 Å². The van der Waals surface area contributed by atoms with E-state index in [1.54, 1.807) is 12.3 Å². The fraction of sp³-hybridized carbons (Fsp3) is 0.111. The highest BCUT2D eigenvalue weighted by Crippen LogP contribution is 2.33. The third kappa shape index (κ3) is 2.09. The van der Waals surface area contributed by atoms with Gasteiger partial charge in [-0.25, -0.2) is 0 Å². The van der Waals surface area contributed by atoms with E-state index < -0.39 is 0 Å². The number of aromatic nitrogens is 1. The maximum Gasteiger partial charge on any atom is 0.284 e. The first-order valence-electron chi connectivity index (χ1n) is 4.11. The Kier molecular flexibility index (Phi) is 3.14. The summed E-state index contributed by atoms with van der Waals surface area (Å²) < 4.78 is 5.13. The van der Waals surface area contributed by atoms with Crippen LogP contribution in [0.3, 0.4) is 0 Å². The highest BCUT2D eigenvalue weighted by molar-refractivity contribution is 8.13.